The fourth-order valence-electron chi connectivity index (χ4n) is 3.14. The first-order chi connectivity index (χ1) is 16.1. The number of benzene rings is 1. The largest absolute Gasteiger partial charge is 0.331 e. The maximum Gasteiger partial charge on any atom is 0.331 e. The minimum atomic E-state index is -3.01. The lowest BCUT2D eigenvalue weighted by Gasteiger charge is -2.16. The van der Waals surface area contributed by atoms with Gasteiger partial charge in [0, 0.05) is 34.5 Å². The van der Waals surface area contributed by atoms with Gasteiger partial charge in [-0.05, 0) is 36.8 Å². The van der Waals surface area contributed by atoms with Crippen LogP contribution in [0.25, 0.3) is 21.7 Å². The molecule has 3 heterocycles. The molecule has 8 nitrogen and oxygen atoms in total. The van der Waals surface area contributed by atoms with Gasteiger partial charge in [-0.2, -0.15) is 5.26 Å². The molecule has 1 aliphatic rings. The number of hydrogen-bond acceptors (Lipinski definition) is 7. The van der Waals surface area contributed by atoms with E-state index in [-0.39, 0.29) is 10.8 Å². The Morgan fingerprint density at radius 1 is 1.21 bits per heavy atom. The molecule has 0 fully saturated rings. The quantitative estimate of drug-likeness (QED) is 0.469. The van der Waals surface area contributed by atoms with Crippen molar-refractivity contribution in [2.45, 2.75) is 13.3 Å². The summed E-state index contributed by atoms with van der Waals surface area (Å²) in [5.41, 5.74) is 1.83. The number of anilines is 1. The summed E-state index contributed by atoms with van der Waals surface area (Å²) in [5, 5.41) is 14.3. The molecule has 0 saturated heterocycles. The second-order valence-corrected chi connectivity index (χ2v) is 10.0. The zero-order valence-corrected chi connectivity index (χ0v) is 19.2. The number of amides is 2. The molecule has 1 aliphatic heterocycles. The van der Waals surface area contributed by atoms with E-state index >= 15 is 0 Å². The molecule has 0 aliphatic carbocycles. The summed E-state index contributed by atoms with van der Waals surface area (Å²) in [6, 6.07) is 11.0. The van der Waals surface area contributed by atoms with E-state index in [1.54, 1.807) is 37.3 Å². The summed E-state index contributed by atoms with van der Waals surface area (Å²) in [6.45, 7) is 1.61. The van der Waals surface area contributed by atoms with Crippen molar-refractivity contribution in [1.82, 2.24) is 14.9 Å². The Kier molecular flexibility index (Phi) is 6.23. The highest BCUT2D eigenvalue weighted by molar-refractivity contribution is 7.98. The van der Waals surface area contributed by atoms with E-state index in [1.165, 1.54) is 18.5 Å². The molecule has 0 unspecified atom stereocenters. The molecule has 12 heteroatoms. The molecule has 4 rings (SSSR count). The van der Waals surface area contributed by atoms with Gasteiger partial charge in [-0.1, -0.05) is 23.5 Å². The monoisotopic (exact) mass is 498 g/mol. The second kappa shape index (κ2) is 9.12. The Morgan fingerprint density at radius 3 is 2.62 bits per heavy atom. The molecule has 0 atom stereocenters. The van der Waals surface area contributed by atoms with Crippen LogP contribution in [-0.4, -0.2) is 25.1 Å². The first kappa shape index (κ1) is 23.2. The van der Waals surface area contributed by atoms with Crippen LogP contribution in [-0.2, 0) is 9.73 Å². The number of thiazole rings is 1. The number of nitrogens with one attached hydrogen (secondary N) is 2. The van der Waals surface area contributed by atoms with Crippen LogP contribution in [0.1, 0.15) is 23.4 Å². The predicted molar refractivity (Wildman–Crippen MR) is 125 cm³/mol. The molecule has 2 N–H and O–H groups in total. The van der Waals surface area contributed by atoms with E-state index in [0.29, 0.717) is 33.0 Å². The van der Waals surface area contributed by atoms with Gasteiger partial charge in [0.25, 0.3) is 6.43 Å². The molecule has 0 saturated carbocycles. The van der Waals surface area contributed by atoms with Crippen LogP contribution in [0.15, 0.2) is 59.6 Å². The lowest BCUT2D eigenvalue weighted by molar-refractivity contribution is 0.146. The number of nitriles is 1. The number of rotatable bonds is 4. The third kappa shape index (κ3) is 5.00. The Balaban J connectivity index is 1.77. The topological polar surface area (TPSA) is 123 Å². The first-order valence-electron chi connectivity index (χ1n) is 9.68. The molecule has 0 spiro atoms. The van der Waals surface area contributed by atoms with Gasteiger partial charge >= 0.3 is 6.03 Å². The fraction of sp³-hybridized carbons (Fsp3) is 0.0909. The number of aromatic nitrogens is 2. The highest BCUT2D eigenvalue weighted by Gasteiger charge is 2.21. The van der Waals surface area contributed by atoms with Gasteiger partial charge in [-0.25, -0.2) is 27.5 Å². The molecule has 1 aromatic carbocycles. The zero-order valence-electron chi connectivity index (χ0n) is 17.5. The van der Waals surface area contributed by atoms with Crippen LogP contribution in [0.3, 0.4) is 0 Å². The molecule has 34 heavy (non-hydrogen) atoms. The summed E-state index contributed by atoms with van der Waals surface area (Å²) >= 11 is 1.08. The third-order valence-electron chi connectivity index (χ3n) is 4.65. The van der Waals surface area contributed by atoms with Gasteiger partial charge in [0.05, 0.1) is 31.9 Å². The maximum absolute atomic E-state index is 13.4. The van der Waals surface area contributed by atoms with Crippen molar-refractivity contribution >= 4 is 32.2 Å². The fourth-order valence-corrected chi connectivity index (χ4v) is 4.82. The summed E-state index contributed by atoms with van der Waals surface area (Å²) in [4.78, 5) is 22.6. The van der Waals surface area contributed by atoms with E-state index in [2.05, 4.69) is 21.4 Å². The third-order valence-corrected chi connectivity index (χ3v) is 6.72. The predicted octanol–water partition coefficient (Wildman–Crippen LogP) is 5.83. The van der Waals surface area contributed by atoms with E-state index in [0.717, 1.165) is 27.1 Å². The lowest BCUT2D eigenvalue weighted by atomic mass is 10.0. The highest BCUT2D eigenvalue weighted by atomic mass is 32.2. The Bertz CT molecular complexity index is 1470. The number of carbonyl (C=O) groups is 1. The number of hydrogen-bond donors (Lipinski definition) is 2. The first-order valence-corrected chi connectivity index (χ1v) is 12.2. The number of carbonyl (C=O) groups excluding carboxylic acids is 1. The normalized spacial score (nSPS) is 14.3. The van der Waals surface area contributed by atoms with E-state index in [4.69, 9.17) is 4.78 Å². The van der Waals surface area contributed by atoms with Crippen molar-refractivity contribution in [3.8, 4) is 27.8 Å². The second-order valence-electron chi connectivity index (χ2n) is 7.17. The van der Waals surface area contributed by atoms with Gasteiger partial charge in [-0.15, -0.1) is 0 Å². The van der Waals surface area contributed by atoms with Crippen LogP contribution < -0.4 is 5.32 Å². The minimum absolute atomic E-state index is 0.185. The smallest absolute Gasteiger partial charge is 0.283 e. The molecular weight excluding hydrogens is 482 g/mol. The SMILES string of the molecule is Cc1cc(-c2sc(NC(=O)N3C=CS(=N)(=O)C=C3)nc2-c2cccc(C#N)c2)cc(C(F)F)n1. The van der Waals surface area contributed by atoms with Crippen LogP contribution in [0.5, 0.6) is 0 Å². The molecule has 0 radical (unpaired) electrons. The number of pyridine rings is 1. The number of aryl methyl sites for hydroxylation is 1. The number of urea groups is 1. The number of halogens is 2. The van der Waals surface area contributed by atoms with Crippen molar-refractivity contribution in [3.05, 3.63) is 76.6 Å². The van der Waals surface area contributed by atoms with Gasteiger partial charge < -0.3 is 0 Å². The van der Waals surface area contributed by atoms with Crippen LogP contribution in [0, 0.1) is 23.0 Å². The van der Waals surface area contributed by atoms with Crippen LogP contribution >= 0.6 is 11.3 Å². The van der Waals surface area contributed by atoms with Gasteiger partial charge in [0.2, 0.25) is 0 Å². The molecular formula is C22H16F2N6O2S2. The summed E-state index contributed by atoms with van der Waals surface area (Å²) in [6.07, 6.45) is -0.323. The van der Waals surface area contributed by atoms with Crippen LogP contribution in [0.2, 0.25) is 0 Å². The average Bonchev–Trinajstić information content (AvgIpc) is 3.22. The number of alkyl halides is 2. The Labute approximate surface area is 197 Å². The summed E-state index contributed by atoms with van der Waals surface area (Å²) in [5.74, 6) is 0. The van der Waals surface area contributed by atoms with E-state index < -0.39 is 22.2 Å². The molecule has 2 amide bonds. The molecule has 3 aromatic rings. The average molecular weight is 499 g/mol. The Morgan fingerprint density at radius 2 is 1.94 bits per heavy atom. The van der Waals surface area contributed by atoms with Crippen molar-refractivity contribution in [3.63, 3.8) is 0 Å². The molecule has 172 valence electrons. The van der Waals surface area contributed by atoms with E-state index in [1.807, 2.05) is 0 Å². The highest BCUT2D eigenvalue weighted by Crippen LogP contribution is 2.40. The maximum atomic E-state index is 13.4. The van der Waals surface area contributed by atoms with E-state index in [9.17, 15) is 23.0 Å². The number of nitrogens with zero attached hydrogens (tertiary/aromatic N) is 4. The van der Waals surface area contributed by atoms with Crippen molar-refractivity contribution in [2.75, 3.05) is 5.32 Å². The molecule has 2 aromatic heterocycles. The summed E-state index contributed by atoms with van der Waals surface area (Å²) in [7, 11) is -3.01. The standard InChI is InChI=1S/C22H16F2N6O2S2/c1-13-9-16(11-17(27-13)20(23)24)19-18(15-4-2-3-14(10-15)12-25)28-21(33-19)29-22(31)30-5-7-34(26,32)8-6-30/h2-11,20,26H,1H3,(H,28,29,31). The zero-order chi connectivity index (χ0) is 24.5. The van der Waals surface area contributed by atoms with Crippen LogP contribution in [0.4, 0.5) is 18.7 Å². The lowest BCUT2D eigenvalue weighted by Crippen LogP contribution is -2.27. The van der Waals surface area contributed by atoms with Crippen molar-refractivity contribution in [1.29, 1.82) is 10.0 Å². The molecule has 0 bridgehead atoms. The van der Waals surface area contributed by atoms with Crippen molar-refractivity contribution in [2.24, 2.45) is 0 Å². The van der Waals surface area contributed by atoms with Gasteiger partial charge in [0.1, 0.15) is 5.69 Å². The van der Waals surface area contributed by atoms with Gasteiger partial charge in [-0.3, -0.25) is 15.2 Å². The summed E-state index contributed by atoms with van der Waals surface area (Å²) < 4.78 is 46.0. The van der Waals surface area contributed by atoms with Gasteiger partial charge in [0.15, 0.2) is 5.13 Å². The van der Waals surface area contributed by atoms with Crippen molar-refractivity contribution < 1.29 is 17.8 Å². The Hall–Kier alpha value is -3.95. The minimum Gasteiger partial charge on any atom is -0.283 e.